The van der Waals surface area contributed by atoms with Gasteiger partial charge in [-0.25, -0.2) is 9.78 Å². The second-order valence-corrected chi connectivity index (χ2v) is 6.00. The first kappa shape index (κ1) is 12.8. The summed E-state index contributed by atoms with van der Waals surface area (Å²) in [4.78, 5) is 15.5. The zero-order valence-corrected chi connectivity index (χ0v) is 11.4. The summed E-state index contributed by atoms with van der Waals surface area (Å²) in [6.45, 7) is 6.70. The Bertz CT molecular complexity index is 566. The minimum Gasteiger partial charge on any atom is -0.477 e. The molecule has 0 aliphatic carbocycles. The van der Waals surface area contributed by atoms with Crippen molar-refractivity contribution >= 4 is 17.3 Å². The van der Waals surface area contributed by atoms with Gasteiger partial charge >= 0.3 is 5.97 Å². The number of aromatic nitrogens is 3. The van der Waals surface area contributed by atoms with Crippen molar-refractivity contribution in [1.29, 1.82) is 0 Å². The molecule has 2 aromatic heterocycles. The number of carboxylic acids is 1. The summed E-state index contributed by atoms with van der Waals surface area (Å²) in [6, 6.07) is 1.49. The van der Waals surface area contributed by atoms with Crippen LogP contribution in [0.4, 0.5) is 0 Å². The fourth-order valence-corrected chi connectivity index (χ4v) is 2.50. The first-order valence-electron chi connectivity index (χ1n) is 5.58. The highest BCUT2D eigenvalue weighted by atomic mass is 32.1. The van der Waals surface area contributed by atoms with Gasteiger partial charge in [-0.1, -0.05) is 20.8 Å². The standard InChI is InChI=1S/C12H15N3O2S/c1-12(2,3)9-7-18-10(14-9)6-15-8(11(16)17)4-5-13-15/h4-5,7H,6H2,1-3H3,(H,16,17). The van der Waals surface area contributed by atoms with E-state index in [-0.39, 0.29) is 11.1 Å². The lowest BCUT2D eigenvalue weighted by atomic mass is 9.93. The van der Waals surface area contributed by atoms with Gasteiger partial charge < -0.3 is 5.11 Å². The Morgan fingerprint density at radius 1 is 1.50 bits per heavy atom. The normalized spacial score (nSPS) is 11.7. The van der Waals surface area contributed by atoms with Crippen LogP contribution in [0.15, 0.2) is 17.6 Å². The van der Waals surface area contributed by atoms with Crippen molar-refractivity contribution < 1.29 is 9.90 Å². The van der Waals surface area contributed by atoms with Gasteiger partial charge in [0.2, 0.25) is 0 Å². The highest BCUT2D eigenvalue weighted by molar-refractivity contribution is 7.09. The molecule has 6 heteroatoms. The molecule has 0 atom stereocenters. The predicted octanol–water partition coefficient (Wildman–Crippen LogP) is 2.38. The number of thiazole rings is 1. The Hall–Kier alpha value is -1.69. The summed E-state index contributed by atoms with van der Waals surface area (Å²) in [6.07, 6.45) is 1.49. The molecule has 0 aliphatic heterocycles. The summed E-state index contributed by atoms with van der Waals surface area (Å²) < 4.78 is 1.45. The summed E-state index contributed by atoms with van der Waals surface area (Å²) >= 11 is 1.53. The van der Waals surface area contributed by atoms with Crippen LogP contribution in [0.1, 0.15) is 42.0 Å². The van der Waals surface area contributed by atoms with Crippen molar-refractivity contribution in [2.45, 2.75) is 32.7 Å². The smallest absolute Gasteiger partial charge is 0.354 e. The summed E-state index contributed by atoms with van der Waals surface area (Å²) in [5.41, 5.74) is 1.21. The number of carbonyl (C=O) groups is 1. The number of rotatable bonds is 3. The number of nitrogens with zero attached hydrogens (tertiary/aromatic N) is 3. The molecule has 18 heavy (non-hydrogen) atoms. The lowest BCUT2D eigenvalue weighted by molar-refractivity contribution is 0.0684. The van der Waals surface area contributed by atoms with Crippen molar-refractivity contribution in [2.75, 3.05) is 0 Å². The second-order valence-electron chi connectivity index (χ2n) is 5.06. The maximum atomic E-state index is 11.0. The van der Waals surface area contributed by atoms with Gasteiger partial charge in [0.1, 0.15) is 10.7 Å². The van der Waals surface area contributed by atoms with Crippen LogP contribution in [-0.4, -0.2) is 25.8 Å². The van der Waals surface area contributed by atoms with Crippen LogP contribution < -0.4 is 0 Å². The highest BCUT2D eigenvalue weighted by Crippen LogP contribution is 2.24. The average Bonchev–Trinajstić information content (AvgIpc) is 2.85. The second kappa shape index (κ2) is 4.53. The molecule has 0 unspecified atom stereocenters. The first-order valence-corrected chi connectivity index (χ1v) is 6.46. The molecule has 2 heterocycles. The highest BCUT2D eigenvalue weighted by Gasteiger charge is 2.18. The minimum atomic E-state index is -0.972. The molecule has 0 saturated carbocycles. The van der Waals surface area contributed by atoms with E-state index < -0.39 is 5.97 Å². The molecule has 0 amide bonds. The van der Waals surface area contributed by atoms with Crippen molar-refractivity contribution in [3.8, 4) is 0 Å². The van der Waals surface area contributed by atoms with Gasteiger partial charge in [-0.2, -0.15) is 5.10 Å². The van der Waals surface area contributed by atoms with E-state index in [9.17, 15) is 4.79 Å². The van der Waals surface area contributed by atoms with E-state index in [4.69, 9.17) is 5.11 Å². The van der Waals surface area contributed by atoms with Gasteiger partial charge in [0, 0.05) is 17.0 Å². The number of hydrogen-bond donors (Lipinski definition) is 1. The van der Waals surface area contributed by atoms with Crippen LogP contribution in [-0.2, 0) is 12.0 Å². The quantitative estimate of drug-likeness (QED) is 0.925. The molecule has 0 saturated heterocycles. The molecule has 2 rings (SSSR count). The molecule has 96 valence electrons. The van der Waals surface area contributed by atoms with Crippen LogP contribution in [0.25, 0.3) is 0 Å². The van der Waals surface area contributed by atoms with Crippen molar-refractivity contribution in [2.24, 2.45) is 0 Å². The SMILES string of the molecule is CC(C)(C)c1csc(Cn2nccc2C(=O)O)n1. The van der Waals surface area contributed by atoms with Crippen molar-refractivity contribution in [3.05, 3.63) is 34.0 Å². The van der Waals surface area contributed by atoms with Crippen LogP contribution in [0.2, 0.25) is 0 Å². The fraction of sp³-hybridized carbons (Fsp3) is 0.417. The maximum absolute atomic E-state index is 11.0. The first-order chi connectivity index (χ1) is 8.38. The molecule has 0 spiro atoms. The van der Waals surface area contributed by atoms with Gasteiger partial charge in [0.15, 0.2) is 0 Å². The molecule has 0 bridgehead atoms. The topological polar surface area (TPSA) is 68.0 Å². The molecule has 5 nitrogen and oxygen atoms in total. The summed E-state index contributed by atoms with van der Waals surface area (Å²) in [7, 11) is 0. The molecule has 0 aliphatic rings. The van der Waals surface area contributed by atoms with E-state index in [1.165, 1.54) is 28.3 Å². The lowest BCUT2D eigenvalue weighted by Crippen LogP contribution is -2.13. The van der Waals surface area contributed by atoms with E-state index in [1.807, 2.05) is 5.38 Å². The molecular formula is C12H15N3O2S. The van der Waals surface area contributed by atoms with Crippen LogP contribution in [0.5, 0.6) is 0 Å². The fourth-order valence-electron chi connectivity index (χ4n) is 1.50. The summed E-state index contributed by atoms with van der Waals surface area (Å²) in [5.74, 6) is -0.972. The molecule has 2 aromatic rings. The Morgan fingerprint density at radius 3 is 2.78 bits per heavy atom. The third-order valence-electron chi connectivity index (χ3n) is 2.54. The Morgan fingerprint density at radius 2 is 2.22 bits per heavy atom. The largest absolute Gasteiger partial charge is 0.477 e. The third kappa shape index (κ3) is 2.59. The summed E-state index contributed by atoms with van der Waals surface area (Å²) in [5, 5.41) is 15.9. The predicted molar refractivity (Wildman–Crippen MR) is 69.1 cm³/mol. The maximum Gasteiger partial charge on any atom is 0.354 e. The third-order valence-corrected chi connectivity index (χ3v) is 3.37. The van der Waals surface area contributed by atoms with Gasteiger partial charge in [0.25, 0.3) is 0 Å². The molecule has 1 N–H and O–H groups in total. The Balaban J connectivity index is 2.22. The monoisotopic (exact) mass is 265 g/mol. The van der Waals surface area contributed by atoms with Crippen molar-refractivity contribution in [1.82, 2.24) is 14.8 Å². The number of carboxylic acid groups (broad SMARTS) is 1. The average molecular weight is 265 g/mol. The zero-order valence-electron chi connectivity index (χ0n) is 10.5. The van der Waals surface area contributed by atoms with Gasteiger partial charge in [-0.3, -0.25) is 4.68 Å². The van der Waals surface area contributed by atoms with E-state index >= 15 is 0 Å². The molecule has 0 aromatic carbocycles. The van der Waals surface area contributed by atoms with Crippen LogP contribution in [0.3, 0.4) is 0 Å². The van der Waals surface area contributed by atoms with E-state index in [0.29, 0.717) is 6.54 Å². The van der Waals surface area contributed by atoms with Crippen molar-refractivity contribution in [3.63, 3.8) is 0 Å². The van der Waals surface area contributed by atoms with Gasteiger partial charge in [-0.15, -0.1) is 11.3 Å². The van der Waals surface area contributed by atoms with Gasteiger partial charge in [0.05, 0.1) is 12.2 Å². The minimum absolute atomic E-state index is 0.00843. The van der Waals surface area contributed by atoms with Crippen LogP contribution in [0, 0.1) is 0 Å². The zero-order chi connectivity index (χ0) is 13.3. The van der Waals surface area contributed by atoms with Gasteiger partial charge in [-0.05, 0) is 6.07 Å². The lowest BCUT2D eigenvalue weighted by Gasteiger charge is -2.14. The van der Waals surface area contributed by atoms with E-state index in [0.717, 1.165) is 10.7 Å². The van der Waals surface area contributed by atoms with E-state index in [2.05, 4.69) is 30.9 Å². The van der Waals surface area contributed by atoms with E-state index in [1.54, 1.807) is 0 Å². The Kier molecular flexibility index (Phi) is 3.21. The molecule has 0 radical (unpaired) electrons. The molecular weight excluding hydrogens is 250 g/mol. The molecule has 0 fully saturated rings. The Labute approximate surface area is 109 Å². The van der Waals surface area contributed by atoms with Crippen LogP contribution >= 0.6 is 11.3 Å². The number of aromatic carboxylic acids is 1. The number of hydrogen-bond acceptors (Lipinski definition) is 4.